The summed E-state index contributed by atoms with van der Waals surface area (Å²) in [4.78, 5) is 25.7. The van der Waals surface area contributed by atoms with E-state index in [1.807, 2.05) is 12.4 Å². The third-order valence-corrected chi connectivity index (χ3v) is 7.91. The second-order valence-corrected chi connectivity index (χ2v) is 10.3. The molecule has 0 atom stereocenters. The first-order valence-electron chi connectivity index (χ1n) is 12.9. The minimum absolute atomic E-state index is 0.0872. The van der Waals surface area contributed by atoms with Gasteiger partial charge in [0, 0.05) is 37.2 Å². The second kappa shape index (κ2) is 10.5. The number of hydrogen-bond donors (Lipinski definition) is 2. The Morgan fingerprint density at radius 3 is 2.41 bits per heavy atom. The van der Waals surface area contributed by atoms with E-state index >= 15 is 0 Å². The molecule has 1 aliphatic heterocycles. The van der Waals surface area contributed by atoms with E-state index in [1.165, 1.54) is 0 Å². The first kappa shape index (κ1) is 23.4. The molecule has 8 nitrogen and oxygen atoms in total. The summed E-state index contributed by atoms with van der Waals surface area (Å²) >= 11 is 0. The van der Waals surface area contributed by atoms with Crippen molar-refractivity contribution in [3.05, 3.63) is 23.8 Å². The van der Waals surface area contributed by atoms with Gasteiger partial charge in [-0.1, -0.05) is 0 Å². The predicted molar refractivity (Wildman–Crippen MR) is 126 cm³/mol. The van der Waals surface area contributed by atoms with Crippen molar-refractivity contribution < 1.29 is 24.5 Å². The van der Waals surface area contributed by atoms with E-state index in [0.29, 0.717) is 30.9 Å². The maximum atomic E-state index is 11.3. The molecule has 8 heteroatoms. The maximum absolute atomic E-state index is 11.3. The van der Waals surface area contributed by atoms with Gasteiger partial charge in [0.2, 0.25) is 5.88 Å². The molecule has 2 aromatic heterocycles. The molecule has 3 fully saturated rings. The van der Waals surface area contributed by atoms with Gasteiger partial charge in [-0.2, -0.15) is 0 Å². The molecule has 3 aliphatic rings. The number of rotatable bonds is 6. The molecule has 2 N–H and O–H groups in total. The number of carboxylic acid groups (broad SMARTS) is 1. The Morgan fingerprint density at radius 1 is 0.971 bits per heavy atom. The molecule has 34 heavy (non-hydrogen) atoms. The number of pyridine rings is 1. The predicted octanol–water partition coefficient (Wildman–Crippen LogP) is 4.03. The van der Waals surface area contributed by atoms with Crippen LogP contribution < -0.4 is 4.74 Å². The SMILES string of the molecule is O=C(O)C1CCC(Cc2ncc3c(OC4CCOCC4)ncc(C4CCC(O)CC4)c3n2)CC1. The summed E-state index contributed by atoms with van der Waals surface area (Å²) in [6, 6.07) is 0. The summed E-state index contributed by atoms with van der Waals surface area (Å²) in [5.41, 5.74) is 2.04. The van der Waals surface area contributed by atoms with Crippen LogP contribution in [0, 0.1) is 11.8 Å². The number of aliphatic carboxylic acids is 1. The third kappa shape index (κ3) is 5.33. The second-order valence-electron chi connectivity index (χ2n) is 10.3. The van der Waals surface area contributed by atoms with Gasteiger partial charge in [0.25, 0.3) is 0 Å². The van der Waals surface area contributed by atoms with Crippen LogP contribution in [-0.4, -0.2) is 56.6 Å². The zero-order valence-corrected chi connectivity index (χ0v) is 19.7. The Hall–Kier alpha value is -2.32. The van der Waals surface area contributed by atoms with Gasteiger partial charge in [0.05, 0.1) is 36.1 Å². The van der Waals surface area contributed by atoms with Crippen molar-refractivity contribution >= 4 is 16.9 Å². The van der Waals surface area contributed by atoms with Crippen LogP contribution in [0.15, 0.2) is 12.4 Å². The minimum atomic E-state index is -0.674. The van der Waals surface area contributed by atoms with Gasteiger partial charge < -0.3 is 19.7 Å². The molecule has 2 aromatic rings. The average Bonchev–Trinajstić information content (AvgIpc) is 2.86. The van der Waals surface area contributed by atoms with E-state index < -0.39 is 5.97 Å². The number of fused-ring (bicyclic) bond motifs is 1. The number of carbonyl (C=O) groups is 1. The van der Waals surface area contributed by atoms with Crippen molar-refractivity contribution in [3.63, 3.8) is 0 Å². The number of aliphatic hydroxyl groups is 1. The van der Waals surface area contributed by atoms with Gasteiger partial charge in [0.1, 0.15) is 11.9 Å². The number of hydrogen-bond acceptors (Lipinski definition) is 7. The highest BCUT2D eigenvalue weighted by molar-refractivity contribution is 5.85. The topological polar surface area (TPSA) is 115 Å². The van der Waals surface area contributed by atoms with E-state index in [9.17, 15) is 15.0 Å². The van der Waals surface area contributed by atoms with Crippen LogP contribution in [0.2, 0.25) is 0 Å². The molecule has 0 aromatic carbocycles. The van der Waals surface area contributed by atoms with Crippen molar-refractivity contribution in [3.8, 4) is 5.88 Å². The van der Waals surface area contributed by atoms with E-state index in [4.69, 9.17) is 24.4 Å². The highest BCUT2D eigenvalue weighted by atomic mass is 16.5. The lowest BCUT2D eigenvalue weighted by Gasteiger charge is -2.28. The lowest BCUT2D eigenvalue weighted by atomic mass is 9.80. The van der Waals surface area contributed by atoms with Crippen LogP contribution in [0.5, 0.6) is 5.88 Å². The number of aliphatic hydroxyl groups excluding tert-OH is 1. The molecule has 3 heterocycles. The van der Waals surface area contributed by atoms with E-state index in [2.05, 4.69) is 0 Å². The molecule has 0 amide bonds. The van der Waals surface area contributed by atoms with Crippen molar-refractivity contribution in [1.82, 2.24) is 15.0 Å². The largest absolute Gasteiger partial charge is 0.481 e. The molecule has 184 valence electrons. The van der Waals surface area contributed by atoms with Crippen molar-refractivity contribution in [2.24, 2.45) is 11.8 Å². The standard InChI is InChI=1S/C26H35N3O5/c30-19-7-5-17(6-8-19)21-14-28-25(34-20-9-11-33-12-10-20)22-15-27-23(29-24(21)22)13-16-1-3-18(4-2-16)26(31)32/h14-20,30H,1-13H2,(H,31,32). The summed E-state index contributed by atoms with van der Waals surface area (Å²) in [7, 11) is 0. The minimum Gasteiger partial charge on any atom is -0.481 e. The summed E-state index contributed by atoms with van der Waals surface area (Å²) in [5, 5.41) is 20.1. The Bertz CT molecular complexity index is 993. The first-order valence-corrected chi connectivity index (χ1v) is 12.9. The molecule has 0 spiro atoms. The lowest BCUT2D eigenvalue weighted by Crippen LogP contribution is -2.26. The van der Waals surface area contributed by atoms with E-state index in [-0.39, 0.29) is 18.1 Å². The van der Waals surface area contributed by atoms with Crippen molar-refractivity contribution in [1.29, 1.82) is 0 Å². The molecule has 1 saturated heterocycles. The summed E-state index contributed by atoms with van der Waals surface area (Å²) < 4.78 is 11.7. The lowest BCUT2D eigenvalue weighted by molar-refractivity contribution is -0.143. The Balaban J connectivity index is 1.41. The van der Waals surface area contributed by atoms with Gasteiger partial charge in [-0.05, 0) is 63.2 Å². The summed E-state index contributed by atoms with van der Waals surface area (Å²) in [6.07, 6.45) is 12.9. The van der Waals surface area contributed by atoms with Crippen LogP contribution in [0.3, 0.4) is 0 Å². The third-order valence-electron chi connectivity index (χ3n) is 7.91. The number of ether oxygens (including phenoxy) is 2. The quantitative estimate of drug-likeness (QED) is 0.652. The molecule has 2 saturated carbocycles. The fraction of sp³-hybridized carbons (Fsp3) is 0.692. The molecule has 0 bridgehead atoms. The van der Waals surface area contributed by atoms with Crippen LogP contribution in [0.4, 0.5) is 0 Å². The monoisotopic (exact) mass is 469 g/mol. The van der Waals surface area contributed by atoms with Crippen LogP contribution in [-0.2, 0) is 16.0 Å². The van der Waals surface area contributed by atoms with E-state index in [1.54, 1.807) is 0 Å². The van der Waals surface area contributed by atoms with Gasteiger partial charge in [-0.15, -0.1) is 0 Å². The Morgan fingerprint density at radius 2 is 1.71 bits per heavy atom. The molecule has 0 unspecified atom stereocenters. The maximum Gasteiger partial charge on any atom is 0.306 e. The van der Waals surface area contributed by atoms with Gasteiger partial charge in [-0.3, -0.25) is 4.79 Å². The zero-order valence-electron chi connectivity index (χ0n) is 19.7. The normalized spacial score (nSPS) is 28.6. The summed E-state index contributed by atoms with van der Waals surface area (Å²) in [6.45, 7) is 1.41. The molecular weight excluding hydrogens is 434 g/mol. The number of carboxylic acids is 1. The molecule has 2 aliphatic carbocycles. The smallest absolute Gasteiger partial charge is 0.306 e. The van der Waals surface area contributed by atoms with Crippen LogP contribution in [0.25, 0.3) is 10.9 Å². The van der Waals surface area contributed by atoms with Gasteiger partial charge in [-0.25, -0.2) is 15.0 Å². The van der Waals surface area contributed by atoms with Crippen molar-refractivity contribution in [2.45, 2.75) is 88.8 Å². The average molecular weight is 470 g/mol. The first-order chi connectivity index (χ1) is 16.6. The van der Waals surface area contributed by atoms with Crippen LogP contribution in [0.1, 0.15) is 81.5 Å². The number of aromatic nitrogens is 3. The summed E-state index contributed by atoms with van der Waals surface area (Å²) in [5.74, 6) is 1.26. The molecule has 5 rings (SSSR count). The fourth-order valence-corrected chi connectivity index (χ4v) is 5.76. The Kier molecular flexibility index (Phi) is 7.25. The van der Waals surface area contributed by atoms with Gasteiger partial charge in [0.15, 0.2) is 0 Å². The molecule has 0 radical (unpaired) electrons. The van der Waals surface area contributed by atoms with Crippen LogP contribution >= 0.6 is 0 Å². The number of nitrogens with zero attached hydrogens (tertiary/aromatic N) is 3. The highest BCUT2D eigenvalue weighted by Crippen LogP contribution is 2.38. The van der Waals surface area contributed by atoms with Crippen molar-refractivity contribution in [2.75, 3.05) is 13.2 Å². The Labute approximate surface area is 200 Å². The highest BCUT2D eigenvalue weighted by Gasteiger charge is 2.28. The fourth-order valence-electron chi connectivity index (χ4n) is 5.76. The molecular formula is C26H35N3O5. The zero-order chi connectivity index (χ0) is 23.5. The van der Waals surface area contributed by atoms with E-state index in [0.717, 1.165) is 92.9 Å². The van der Waals surface area contributed by atoms with Gasteiger partial charge >= 0.3 is 5.97 Å².